The van der Waals surface area contributed by atoms with Crippen LogP contribution in [0.4, 0.5) is 5.69 Å². The predicted octanol–water partition coefficient (Wildman–Crippen LogP) is 3.52. The highest BCUT2D eigenvalue weighted by molar-refractivity contribution is 7.22. The van der Waals surface area contributed by atoms with Gasteiger partial charge in [0.25, 0.3) is 0 Å². The topological polar surface area (TPSA) is 86.9 Å². The van der Waals surface area contributed by atoms with E-state index in [1.165, 1.54) is 10.1 Å². The molecule has 134 valence electrons. The fraction of sp³-hybridized carbons (Fsp3) is 0.150. The molecule has 0 radical (unpaired) electrons. The summed E-state index contributed by atoms with van der Waals surface area (Å²) in [7, 11) is 0. The van der Waals surface area contributed by atoms with Gasteiger partial charge in [-0.3, -0.25) is 14.7 Å². The SMILES string of the molecule is O=C1CC(C(=O)Nc2cc(-c3cc4ccccc4s3)c3[nH]ncc3c2)CN1. The van der Waals surface area contributed by atoms with Crippen molar-refractivity contribution < 1.29 is 9.59 Å². The number of thiophene rings is 1. The van der Waals surface area contributed by atoms with E-state index in [-0.39, 0.29) is 24.2 Å². The van der Waals surface area contributed by atoms with E-state index in [0.29, 0.717) is 12.2 Å². The van der Waals surface area contributed by atoms with Gasteiger partial charge >= 0.3 is 0 Å². The van der Waals surface area contributed by atoms with Gasteiger partial charge in [-0.25, -0.2) is 0 Å². The number of nitrogens with zero attached hydrogens (tertiary/aromatic N) is 1. The smallest absolute Gasteiger partial charge is 0.229 e. The molecule has 1 saturated heterocycles. The minimum absolute atomic E-state index is 0.0774. The fourth-order valence-electron chi connectivity index (χ4n) is 3.47. The zero-order valence-electron chi connectivity index (χ0n) is 14.3. The van der Waals surface area contributed by atoms with Crippen LogP contribution in [0.25, 0.3) is 31.4 Å². The third-order valence-corrected chi connectivity index (χ3v) is 6.00. The van der Waals surface area contributed by atoms with E-state index >= 15 is 0 Å². The second kappa shape index (κ2) is 6.21. The molecule has 1 fully saturated rings. The van der Waals surface area contributed by atoms with Crippen LogP contribution in [-0.4, -0.2) is 28.6 Å². The summed E-state index contributed by atoms with van der Waals surface area (Å²) in [6.07, 6.45) is 1.99. The van der Waals surface area contributed by atoms with Gasteiger partial charge in [-0.1, -0.05) is 18.2 Å². The number of hydrogen-bond donors (Lipinski definition) is 3. The van der Waals surface area contributed by atoms with Crippen LogP contribution >= 0.6 is 11.3 Å². The maximum atomic E-state index is 12.5. The van der Waals surface area contributed by atoms with Crippen LogP contribution in [0.3, 0.4) is 0 Å². The summed E-state index contributed by atoms with van der Waals surface area (Å²) in [5, 5.41) is 15.0. The lowest BCUT2D eigenvalue weighted by Gasteiger charge is -2.11. The number of anilines is 1. The van der Waals surface area contributed by atoms with E-state index in [0.717, 1.165) is 21.3 Å². The Morgan fingerprint density at radius 1 is 1.19 bits per heavy atom. The van der Waals surface area contributed by atoms with Crippen molar-refractivity contribution >= 4 is 49.8 Å². The minimum Gasteiger partial charge on any atom is -0.355 e. The molecular weight excluding hydrogens is 360 g/mol. The zero-order chi connectivity index (χ0) is 18.4. The first-order valence-electron chi connectivity index (χ1n) is 8.71. The van der Waals surface area contributed by atoms with Crippen LogP contribution in [0.15, 0.2) is 48.7 Å². The quantitative estimate of drug-likeness (QED) is 0.511. The monoisotopic (exact) mass is 376 g/mol. The lowest BCUT2D eigenvalue weighted by molar-refractivity contribution is -0.123. The van der Waals surface area contributed by atoms with Crippen LogP contribution in [0.1, 0.15) is 6.42 Å². The minimum atomic E-state index is -0.328. The number of aromatic amines is 1. The summed E-state index contributed by atoms with van der Waals surface area (Å²) in [4.78, 5) is 25.0. The molecule has 4 aromatic rings. The Morgan fingerprint density at radius 3 is 2.89 bits per heavy atom. The summed E-state index contributed by atoms with van der Waals surface area (Å²) in [6, 6.07) is 14.3. The van der Waals surface area contributed by atoms with Crippen molar-refractivity contribution in [1.82, 2.24) is 15.5 Å². The third-order valence-electron chi connectivity index (χ3n) is 4.86. The maximum absolute atomic E-state index is 12.5. The molecule has 1 aliphatic heterocycles. The van der Waals surface area contributed by atoms with Crippen LogP contribution in [-0.2, 0) is 9.59 Å². The Morgan fingerprint density at radius 2 is 2.07 bits per heavy atom. The van der Waals surface area contributed by atoms with Gasteiger partial charge in [0.1, 0.15) is 0 Å². The second-order valence-corrected chi connectivity index (χ2v) is 7.78. The van der Waals surface area contributed by atoms with Crippen molar-refractivity contribution in [2.75, 3.05) is 11.9 Å². The van der Waals surface area contributed by atoms with Gasteiger partial charge in [0.2, 0.25) is 11.8 Å². The largest absolute Gasteiger partial charge is 0.355 e. The number of H-pyrrole nitrogens is 1. The highest BCUT2D eigenvalue weighted by Crippen LogP contribution is 2.38. The summed E-state index contributed by atoms with van der Waals surface area (Å²) >= 11 is 1.71. The second-order valence-electron chi connectivity index (χ2n) is 6.70. The summed E-state index contributed by atoms with van der Waals surface area (Å²) in [5.41, 5.74) is 2.65. The van der Waals surface area contributed by atoms with Crippen molar-refractivity contribution in [1.29, 1.82) is 0 Å². The molecule has 3 heterocycles. The molecule has 5 rings (SSSR count). The van der Waals surface area contributed by atoms with E-state index in [4.69, 9.17) is 0 Å². The first-order valence-corrected chi connectivity index (χ1v) is 9.53. The Bertz CT molecular complexity index is 1160. The number of carbonyl (C=O) groups excluding carboxylic acids is 2. The Kier molecular flexibility index (Phi) is 3.68. The van der Waals surface area contributed by atoms with E-state index < -0.39 is 0 Å². The molecule has 3 N–H and O–H groups in total. The normalized spacial score (nSPS) is 16.7. The highest BCUT2D eigenvalue weighted by atomic mass is 32.1. The molecule has 2 amide bonds. The van der Waals surface area contributed by atoms with Gasteiger partial charge in [0, 0.05) is 39.2 Å². The molecule has 0 spiro atoms. The lowest BCUT2D eigenvalue weighted by atomic mass is 10.1. The molecule has 7 heteroatoms. The number of amides is 2. The number of nitrogens with one attached hydrogen (secondary N) is 3. The number of hydrogen-bond acceptors (Lipinski definition) is 4. The summed E-state index contributed by atoms with van der Waals surface area (Å²) < 4.78 is 1.21. The molecule has 0 aliphatic carbocycles. The number of carbonyl (C=O) groups is 2. The van der Waals surface area contributed by atoms with Crippen molar-refractivity contribution in [2.45, 2.75) is 6.42 Å². The first kappa shape index (κ1) is 16.0. The van der Waals surface area contributed by atoms with Crippen molar-refractivity contribution in [3.8, 4) is 10.4 Å². The number of aromatic nitrogens is 2. The molecule has 6 nitrogen and oxygen atoms in total. The van der Waals surface area contributed by atoms with E-state index in [1.54, 1.807) is 17.5 Å². The molecule has 1 atom stereocenters. The van der Waals surface area contributed by atoms with E-state index in [2.05, 4.69) is 39.0 Å². The molecule has 1 unspecified atom stereocenters. The van der Waals surface area contributed by atoms with Gasteiger partial charge in [-0.2, -0.15) is 5.10 Å². The number of benzene rings is 2. The molecule has 2 aromatic carbocycles. The number of fused-ring (bicyclic) bond motifs is 2. The summed E-state index contributed by atoms with van der Waals surface area (Å²) in [6.45, 7) is 0.391. The molecule has 2 aromatic heterocycles. The standard InChI is InChI=1S/C20H16N4O2S/c25-18-7-13(9-21-18)20(26)23-14-5-12-10-22-24-19(12)15(8-14)17-6-11-3-1-2-4-16(11)27-17/h1-6,8,10,13H,7,9H2,(H,21,25)(H,22,24)(H,23,26). The van der Waals surface area contributed by atoms with E-state index in [9.17, 15) is 9.59 Å². The Balaban J connectivity index is 1.55. The summed E-state index contributed by atoms with van der Waals surface area (Å²) in [5.74, 6) is -0.546. The average Bonchev–Trinajstić information content (AvgIpc) is 3.39. The van der Waals surface area contributed by atoms with Gasteiger partial charge < -0.3 is 10.6 Å². The van der Waals surface area contributed by atoms with Gasteiger partial charge in [-0.15, -0.1) is 11.3 Å². The fourth-order valence-corrected chi connectivity index (χ4v) is 4.56. The van der Waals surface area contributed by atoms with Crippen molar-refractivity contribution in [2.24, 2.45) is 5.92 Å². The van der Waals surface area contributed by atoms with Crippen LogP contribution in [0, 0.1) is 5.92 Å². The maximum Gasteiger partial charge on any atom is 0.229 e. The molecule has 0 bridgehead atoms. The van der Waals surface area contributed by atoms with E-state index in [1.807, 2.05) is 24.3 Å². The third kappa shape index (κ3) is 2.86. The Hall–Kier alpha value is -3.19. The lowest BCUT2D eigenvalue weighted by Crippen LogP contribution is -2.24. The molecule has 0 saturated carbocycles. The van der Waals surface area contributed by atoms with Gasteiger partial charge in [0.15, 0.2) is 0 Å². The zero-order valence-corrected chi connectivity index (χ0v) is 15.1. The van der Waals surface area contributed by atoms with Crippen LogP contribution in [0.2, 0.25) is 0 Å². The van der Waals surface area contributed by atoms with Gasteiger partial charge in [-0.05, 0) is 29.7 Å². The molecular formula is C20H16N4O2S. The Labute approximate surface area is 158 Å². The molecule has 27 heavy (non-hydrogen) atoms. The van der Waals surface area contributed by atoms with Crippen molar-refractivity contribution in [3.05, 3.63) is 48.7 Å². The van der Waals surface area contributed by atoms with Crippen LogP contribution in [0.5, 0.6) is 0 Å². The predicted molar refractivity (Wildman–Crippen MR) is 107 cm³/mol. The average molecular weight is 376 g/mol. The number of rotatable bonds is 3. The highest BCUT2D eigenvalue weighted by Gasteiger charge is 2.28. The van der Waals surface area contributed by atoms with Crippen LogP contribution < -0.4 is 10.6 Å². The van der Waals surface area contributed by atoms with Gasteiger partial charge in [0.05, 0.1) is 17.6 Å². The molecule has 1 aliphatic rings. The first-order chi connectivity index (χ1) is 13.2. The van der Waals surface area contributed by atoms with Crippen molar-refractivity contribution in [3.63, 3.8) is 0 Å².